The van der Waals surface area contributed by atoms with Gasteiger partial charge in [0, 0.05) is 11.3 Å². The molecule has 7 nitrogen and oxygen atoms in total. The van der Waals surface area contributed by atoms with Crippen molar-refractivity contribution in [1.29, 1.82) is 5.26 Å². The van der Waals surface area contributed by atoms with Crippen LogP contribution in [0.2, 0.25) is 0 Å². The lowest BCUT2D eigenvalue weighted by Crippen LogP contribution is -2.21. The Morgan fingerprint density at radius 1 is 1.25 bits per heavy atom. The van der Waals surface area contributed by atoms with E-state index in [-0.39, 0.29) is 5.88 Å². The van der Waals surface area contributed by atoms with E-state index in [0.717, 1.165) is 26.9 Å². The van der Waals surface area contributed by atoms with Crippen LogP contribution in [-0.4, -0.2) is 16.8 Å². The second-order valence-corrected chi connectivity index (χ2v) is 8.39. The molecule has 1 aliphatic heterocycles. The summed E-state index contributed by atoms with van der Waals surface area (Å²) >= 11 is 3.64. The number of aryl methyl sites for hydroxylation is 2. The second kappa shape index (κ2) is 8.97. The summed E-state index contributed by atoms with van der Waals surface area (Å²) in [6.45, 7) is 6.71. The number of aromatic nitrogens is 2. The summed E-state index contributed by atoms with van der Waals surface area (Å²) in [5.41, 5.74) is 11.0. The fourth-order valence-electron chi connectivity index (χ4n) is 3.85. The van der Waals surface area contributed by atoms with E-state index in [0.29, 0.717) is 36.2 Å². The molecule has 0 fully saturated rings. The number of hydrogen-bond donors (Lipinski definition) is 2. The fraction of sp³-hybridized carbons (Fsp3) is 0.250. The van der Waals surface area contributed by atoms with Gasteiger partial charge < -0.3 is 19.9 Å². The third-order valence-electron chi connectivity index (χ3n) is 5.26. The van der Waals surface area contributed by atoms with Crippen LogP contribution >= 0.6 is 15.9 Å². The lowest BCUT2D eigenvalue weighted by atomic mass is 9.84. The van der Waals surface area contributed by atoms with Crippen molar-refractivity contribution in [3.05, 3.63) is 80.3 Å². The molecular formula is C24H23BrN4O3. The van der Waals surface area contributed by atoms with Crippen LogP contribution in [-0.2, 0) is 6.61 Å². The van der Waals surface area contributed by atoms with Gasteiger partial charge in [0.05, 0.1) is 17.0 Å². The van der Waals surface area contributed by atoms with Gasteiger partial charge in [0.15, 0.2) is 11.5 Å². The fourth-order valence-corrected chi connectivity index (χ4v) is 4.42. The Balaban J connectivity index is 1.76. The first-order valence-electron chi connectivity index (χ1n) is 10.2. The predicted molar refractivity (Wildman–Crippen MR) is 123 cm³/mol. The van der Waals surface area contributed by atoms with E-state index in [1.807, 2.05) is 51.1 Å². The highest BCUT2D eigenvalue weighted by molar-refractivity contribution is 9.10. The summed E-state index contributed by atoms with van der Waals surface area (Å²) in [5.74, 6) is 1.16. The van der Waals surface area contributed by atoms with E-state index in [9.17, 15) is 5.26 Å². The number of nitriles is 1. The average molecular weight is 495 g/mol. The Kier molecular flexibility index (Phi) is 6.10. The van der Waals surface area contributed by atoms with E-state index >= 15 is 0 Å². The molecule has 3 N–H and O–H groups in total. The molecule has 32 heavy (non-hydrogen) atoms. The van der Waals surface area contributed by atoms with Crippen molar-refractivity contribution >= 4 is 15.9 Å². The molecule has 2 aromatic carbocycles. The summed E-state index contributed by atoms with van der Waals surface area (Å²) in [6, 6.07) is 14.2. The number of nitrogens with zero attached hydrogens (tertiary/aromatic N) is 2. The minimum absolute atomic E-state index is 0.0466. The molecule has 1 aliphatic rings. The van der Waals surface area contributed by atoms with Gasteiger partial charge in [0.25, 0.3) is 0 Å². The second-order valence-electron chi connectivity index (χ2n) is 7.53. The number of rotatable bonds is 6. The van der Waals surface area contributed by atoms with Gasteiger partial charge in [-0.05, 0) is 60.0 Å². The predicted octanol–water partition coefficient (Wildman–Crippen LogP) is 4.98. The molecule has 0 radical (unpaired) electrons. The lowest BCUT2D eigenvalue weighted by molar-refractivity contribution is 0.267. The van der Waals surface area contributed by atoms with Crippen molar-refractivity contribution in [1.82, 2.24) is 10.2 Å². The standard InChI is InChI=1S/C24H23BrN4O3/c1-4-30-19-10-16(9-18(25)22(19)31-12-15-7-5-6-13(2)8-15)21-17(11-26)23(27)32-24-20(21)14(3)28-29-24/h5-10,21H,4,12,27H2,1-3H3,(H,28,29). The first kappa shape index (κ1) is 21.8. The first-order chi connectivity index (χ1) is 15.4. The van der Waals surface area contributed by atoms with Gasteiger partial charge in [-0.3, -0.25) is 5.10 Å². The third kappa shape index (κ3) is 4.04. The zero-order valence-electron chi connectivity index (χ0n) is 18.0. The molecule has 1 aromatic heterocycles. The summed E-state index contributed by atoms with van der Waals surface area (Å²) in [5, 5.41) is 16.9. The van der Waals surface area contributed by atoms with Crippen LogP contribution in [0.25, 0.3) is 0 Å². The Morgan fingerprint density at radius 3 is 2.78 bits per heavy atom. The molecule has 1 unspecified atom stereocenters. The topological polar surface area (TPSA) is 106 Å². The third-order valence-corrected chi connectivity index (χ3v) is 5.85. The van der Waals surface area contributed by atoms with E-state index in [1.54, 1.807) is 0 Å². The van der Waals surface area contributed by atoms with Crippen LogP contribution in [0, 0.1) is 25.2 Å². The number of fused-ring (bicyclic) bond motifs is 1. The lowest BCUT2D eigenvalue weighted by Gasteiger charge is -2.25. The molecule has 8 heteroatoms. The Labute approximate surface area is 194 Å². The van der Waals surface area contributed by atoms with Crippen LogP contribution in [0.3, 0.4) is 0 Å². The maximum atomic E-state index is 9.81. The van der Waals surface area contributed by atoms with Crippen LogP contribution in [0.1, 0.15) is 40.8 Å². The number of hydrogen-bond acceptors (Lipinski definition) is 6. The van der Waals surface area contributed by atoms with Gasteiger partial charge in [0.2, 0.25) is 11.8 Å². The summed E-state index contributed by atoms with van der Waals surface area (Å²) in [4.78, 5) is 0. The summed E-state index contributed by atoms with van der Waals surface area (Å²) in [6.07, 6.45) is 0. The number of nitrogens with two attached hydrogens (primary N) is 1. The monoisotopic (exact) mass is 494 g/mol. The van der Waals surface area contributed by atoms with Gasteiger partial charge >= 0.3 is 0 Å². The molecule has 3 aromatic rings. The van der Waals surface area contributed by atoms with Crippen molar-refractivity contribution < 1.29 is 14.2 Å². The van der Waals surface area contributed by atoms with E-state index < -0.39 is 5.92 Å². The SMILES string of the molecule is CCOc1cc(C2C(C#N)=C(N)Oc3n[nH]c(C)c32)cc(Br)c1OCc1cccc(C)c1. The van der Waals surface area contributed by atoms with Gasteiger partial charge in [0.1, 0.15) is 18.2 Å². The quantitative estimate of drug-likeness (QED) is 0.500. The molecule has 0 spiro atoms. The number of aromatic amines is 1. The number of H-pyrrole nitrogens is 1. The van der Waals surface area contributed by atoms with Crippen LogP contribution in [0.4, 0.5) is 0 Å². The maximum absolute atomic E-state index is 9.81. The van der Waals surface area contributed by atoms with Crippen LogP contribution in [0.5, 0.6) is 17.4 Å². The van der Waals surface area contributed by atoms with E-state index in [4.69, 9.17) is 19.9 Å². The Bertz CT molecular complexity index is 1240. The smallest absolute Gasteiger partial charge is 0.244 e. The molecule has 0 saturated carbocycles. The number of nitrogens with one attached hydrogen (secondary N) is 1. The number of halogens is 1. The molecule has 0 saturated heterocycles. The van der Waals surface area contributed by atoms with Crippen molar-refractivity contribution in [3.8, 4) is 23.4 Å². The van der Waals surface area contributed by atoms with Crippen molar-refractivity contribution in [2.75, 3.05) is 6.61 Å². The molecule has 164 valence electrons. The van der Waals surface area contributed by atoms with Gasteiger partial charge in [-0.2, -0.15) is 5.26 Å². The van der Waals surface area contributed by atoms with Crippen molar-refractivity contribution in [2.45, 2.75) is 33.3 Å². The Hall–Kier alpha value is -3.44. The molecule has 0 aliphatic carbocycles. The minimum Gasteiger partial charge on any atom is -0.490 e. The van der Waals surface area contributed by atoms with Gasteiger partial charge in [-0.1, -0.05) is 29.8 Å². The normalized spacial score (nSPS) is 15.0. The molecule has 0 bridgehead atoms. The summed E-state index contributed by atoms with van der Waals surface area (Å²) in [7, 11) is 0. The van der Waals surface area contributed by atoms with Crippen LogP contribution in [0.15, 0.2) is 52.3 Å². The molecule has 4 rings (SSSR count). The molecular weight excluding hydrogens is 472 g/mol. The number of benzene rings is 2. The van der Waals surface area contributed by atoms with E-state index in [1.165, 1.54) is 5.56 Å². The van der Waals surface area contributed by atoms with Crippen LogP contribution < -0.4 is 19.9 Å². The highest BCUT2D eigenvalue weighted by Gasteiger charge is 2.35. The number of allylic oxidation sites excluding steroid dienone is 1. The zero-order chi connectivity index (χ0) is 22.8. The van der Waals surface area contributed by atoms with Crippen molar-refractivity contribution in [2.24, 2.45) is 5.73 Å². The largest absolute Gasteiger partial charge is 0.490 e. The minimum atomic E-state index is -0.441. The molecule has 0 amide bonds. The number of ether oxygens (including phenoxy) is 3. The van der Waals surface area contributed by atoms with E-state index in [2.05, 4.69) is 38.3 Å². The maximum Gasteiger partial charge on any atom is 0.244 e. The van der Waals surface area contributed by atoms with Crippen molar-refractivity contribution in [3.63, 3.8) is 0 Å². The zero-order valence-corrected chi connectivity index (χ0v) is 19.6. The van der Waals surface area contributed by atoms with Gasteiger partial charge in [-0.25, -0.2) is 0 Å². The molecule has 1 atom stereocenters. The summed E-state index contributed by atoms with van der Waals surface area (Å²) < 4.78 is 18.3. The Morgan fingerprint density at radius 2 is 2.06 bits per heavy atom. The first-order valence-corrected chi connectivity index (χ1v) is 11.0. The highest BCUT2D eigenvalue weighted by atomic mass is 79.9. The molecule has 2 heterocycles. The highest BCUT2D eigenvalue weighted by Crippen LogP contribution is 2.46. The van der Waals surface area contributed by atoms with Gasteiger partial charge in [-0.15, -0.1) is 5.10 Å². The average Bonchev–Trinajstić information content (AvgIpc) is 3.12.